The number of hydrogen-bond donors (Lipinski definition) is 1. The molecule has 2 rings (SSSR count). The van der Waals surface area contributed by atoms with E-state index >= 15 is 0 Å². The smallest absolute Gasteiger partial charge is 0.323 e. The number of benzene rings is 1. The maximum Gasteiger partial charge on any atom is 0.323 e. The van der Waals surface area contributed by atoms with Crippen LogP contribution in [0.25, 0.3) is 0 Å². The zero-order chi connectivity index (χ0) is 13.8. The van der Waals surface area contributed by atoms with Crippen LogP contribution in [0.4, 0.5) is 5.69 Å². The van der Waals surface area contributed by atoms with E-state index in [4.69, 9.17) is 16.7 Å². The van der Waals surface area contributed by atoms with Crippen molar-refractivity contribution in [2.45, 2.75) is 13.5 Å². The average molecular weight is 282 g/mol. The van der Waals surface area contributed by atoms with Crippen molar-refractivity contribution in [2.24, 2.45) is 0 Å². The third-order valence-corrected chi connectivity index (χ3v) is 2.86. The summed E-state index contributed by atoms with van der Waals surface area (Å²) in [6.45, 7) is 1.92. The molecule has 6 nitrogen and oxygen atoms in total. The van der Waals surface area contributed by atoms with Gasteiger partial charge < -0.3 is 10.0 Å². The van der Waals surface area contributed by atoms with Crippen LogP contribution in [0.5, 0.6) is 0 Å². The Morgan fingerprint density at radius 2 is 2.05 bits per heavy atom. The second-order valence-corrected chi connectivity index (χ2v) is 4.46. The number of nitrogens with zero attached hydrogens (tertiary/aromatic N) is 3. The number of hydrogen-bond acceptors (Lipinski definition) is 5. The molecule has 7 heteroatoms. The monoisotopic (exact) mass is 281 g/mol. The first-order valence-corrected chi connectivity index (χ1v) is 5.94. The zero-order valence-corrected chi connectivity index (χ0v) is 11.0. The summed E-state index contributed by atoms with van der Waals surface area (Å²) in [5, 5.41) is 17.0. The van der Waals surface area contributed by atoms with E-state index in [-0.39, 0.29) is 6.54 Å². The van der Waals surface area contributed by atoms with E-state index in [2.05, 4.69) is 14.9 Å². The molecule has 0 amide bonds. The van der Waals surface area contributed by atoms with Gasteiger partial charge in [-0.1, -0.05) is 21.9 Å². The van der Waals surface area contributed by atoms with Crippen LogP contribution >= 0.6 is 11.6 Å². The summed E-state index contributed by atoms with van der Waals surface area (Å²) in [5.41, 5.74) is 2.00. The lowest BCUT2D eigenvalue weighted by Crippen LogP contribution is -2.29. The molecule has 19 heavy (non-hydrogen) atoms. The van der Waals surface area contributed by atoms with Crippen LogP contribution in [0, 0.1) is 6.92 Å². The van der Waals surface area contributed by atoms with Crippen molar-refractivity contribution in [3.63, 3.8) is 0 Å². The fourth-order valence-electron chi connectivity index (χ4n) is 1.63. The van der Waals surface area contributed by atoms with E-state index in [1.54, 1.807) is 36.1 Å². The first-order chi connectivity index (χ1) is 9.06. The van der Waals surface area contributed by atoms with Gasteiger partial charge in [-0.2, -0.15) is 0 Å². The van der Waals surface area contributed by atoms with Crippen molar-refractivity contribution in [2.75, 3.05) is 11.4 Å². The van der Waals surface area contributed by atoms with Gasteiger partial charge in [-0.25, -0.2) is 4.63 Å². The molecule has 0 atom stereocenters. The molecule has 0 aliphatic heterocycles. The average Bonchev–Trinajstić information content (AvgIpc) is 2.75. The third kappa shape index (κ3) is 3.45. The minimum Gasteiger partial charge on any atom is -0.480 e. The summed E-state index contributed by atoms with van der Waals surface area (Å²) in [4.78, 5) is 12.6. The lowest BCUT2D eigenvalue weighted by Gasteiger charge is -2.21. The van der Waals surface area contributed by atoms with Crippen LogP contribution in [-0.4, -0.2) is 27.9 Å². The van der Waals surface area contributed by atoms with E-state index in [0.29, 0.717) is 23.0 Å². The van der Waals surface area contributed by atoms with Crippen LogP contribution in [0.15, 0.2) is 28.9 Å². The summed E-state index contributed by atoms with van der Waals surface area (Å²) in [5.74, 6) is -0.927. The predicted octanol–water partition coefficient (Wildman–Crippen LogP) is 2.12. The largest absolute Gasteiger partial charge is 0.480 e. The molecule has 0 radical (unpaired) electrons. The van der Waals surface area contributed by atoms with Gasteiger partial charge in [0, 0.05) is 10.7 Å². The molecule has 2 aromatic rings. The highest BCUT2D eigenvalue weighted by Crippen LogP contribution is 2.20. The number of aryl methyl sites for hydroxylation is 1. The Hall–Kier alpha value is -2.08. The molecule has 1 heterocycles. The number of anilines is 1. The van der Waals surface area contributed by atoms with Crippen molar-refractivity contribution in [1.29, 1.82) is 0 Å². The highest BCUT2D eigenvalue weighted by atomic mass is 35.5. The standard InChI is InChI=1S/C12H12ClN3O3/c1-8-11(15-19-14-8)6-16(7-12(17)18)10-4-2-9(13)3-5-10/h2-5H,6-7H2,1H3,(H,17,18). The molecule has 0 spiro atoms. The van der Waals surface area contributed by atoms with Crippen molar-refractivity contribution < 1.29 is 14.5 Å². The number of carbonyl (C=O) groups is 1. The molecule has 100 valence electrons. The zero-order valence-electron chi connectivity index (χ0n) is 10.2. The molecule has 1 aromatic carbocycles. The highest BCUT2D eigenvalue weighted by molar-refractivity contribution is 6.30. The van der Waals surface area contributed by atoms with Crippen LogP contribution in [0.1, 0.15) is 11.4 Å². The number of carboxylic acid groups (broad SMARTS) is 1. The van der Waals surface area contributed by atoms with Gasteiger partial charge in [0.1, 0.15) is 17.9 Å². The highest BCUT2D eigenvalue weighted by Gasteiger charge is 2.15. The predicted molar refractivity (Wildman–Crippen MR) is 69.2 cm³/mol. The van der Waals surface area contributed by atoms with E-state index in [1.165, 1.54) is 0 Å². The molecule has 0 aliphatic rings. The maximum absolute atomic E-state index is 10.9. The van der Waals surface area contributed by atoms with Gasteiger partial charge >= 0.3 is 5.97 Å². The second kappa shape index (κ2) is 5.71. The quantitative estimate of drug-likeness (QED) is 0.904. The van der Waals surface area contributed by atoms with Gasteiger partial charge in [-0.3, -0.25) is 4.79 Å². The van der Waals surface area contributed by atoms with Crippen LogP contribution < -0.4 is 4.90 Å². The summed E-state index contributed by atoms with van der Waals surface area (Å²) in [6, 6.07) is 6.93. The lowest BCUT2D eigenvalue weighted by atomic mass is 10.2. The van der Waals surface area contributed by atoms with E-state index in [9.17, 15) is 4.79 Å². The number of aliphatic carboxylic acids is 1. The lowest BCUT2D eigenvalue weighted by molar-refractivity contribution is -0.135. The summed E-state index contributed by atoms with van der Waals surface area (Å²) in [6.07, 6.45) is 0. The molecule has 0 fully saturated rings. The van der Waals surface area contributed by atoms with Gasteiger partial charge in [-0.05, 0) is 31.2 Å². The van der Waals surface area contributed by atoms with Gasteiger partial charge in [0.15, 0.2) is 0 Å². The SMILES string of the molecule is Cc1nonc1CN(CC(=O)O)c1ccc(Cl)cc1. The van der Waals surface area contributed by atoms with Crippen molar-refractivity contribution in [3.05, 3.63) is 40.7 Å². The molecule has 0 bridgehead atoms. The molecule has 0 unspecified atom stereocenters. The maximum atomic E-state index is 10.9. The van der Waals surface area contributed by atoms with Crippen LogP contribution in [0.3, 0.4) is 0 Å². The molecule has 0 saturated heterocycles. The first-order valence-electron chi connectivity index (χ1n) is 5.56. The van der Waals surface area contributed by atoms with Gasteiger partial charge in [-0.15, -0.1) is 0 Å². The van der Waals surface area contributed by atoms with Gasteiger partial charge in [0.05, 0.1) is 6.54 Å². The van der Waals surface area contributed by atoms with Crippen molar-refractivity contribution in [3.8, 4) is 0 Å². The van der Waals surface area contributed by atoms with E-state index in [0.717, 1.165) is 5.69 Å². The van der Waals surface area contributed by atoms with Crippen LogP contribution in [0.2, 0.25) is 5.02 Å². The number of rotatable bonds is 5. The number of aromatic nitrogens is 2. The Labute approximate surface area is 114 Å². The fourth-order valence-corrected chi connectivity index (χ4v) is 1.75. The molecular weight excluding hydrogens is 270 g/mol. The molecular formula is C12H12ClN3O3. The Morgan fingerprint density at radius 3 is 2.58 bits per heavy atom. The number of halogens is 1. The van der Waals surface area contributed by atoms with Crippen molar-refractivity contribution in [1.82, 2.24) is 10.3 Å². The topological polar surface area (TPSA) is 79.5 Å². The normalized spacial score (nSPS) is 10.4. The molecule has 1 N–H and O–H groups in total. The third-order valence-electron chi connectivity index (χ3n) is 2.60. The van der Waals surface area contributed by atoms with Crippen LogP contribution in [-0.2, 0) is 11.3 Å². The minimum atomic E-state index is -0.927. The molecule has 0 aliphatic carbocycles. The second-order valence-electron chi connectivity index (χ2n) is 4.02. The van der Waals surface area contributed by atoms with E-state index in [1.807, 2.05) is 0 Å². The van der Waals surface area contributed by atoms with Gasteiger partial charge in [0.25, 0.3) is 0 Å². The summed E-state index contributed by atoms with van der Waals surface area (Å²) in [7, 11) is 0. The molecule has 1 aromatic heterocycles. The Morgan fingerprint density at radius 1 is 1.37 bits per heavy atom. The Bertz CT molecular complexity index is 568. The minimum absolute atomic E-state index is 0.145. The first kappa shape index (κ1) is 13.4. The fraction of sp³-hybridized carbons (Fsp3) is 0.250. The van der Waals surface area contributed by atoms with Crippen molar-refractivity contribution >= 4 is 23.3 Å². The molecule has 0 saturated carbocycles. The Kier molecular flexibility index (Phi) is 4.01. The Balaban J connectivity index is 2.23. The summed E-state index contributed by atoms with van der Waals surface area (Å²) >= 11 is 5.82. The summed E-state index contributed by atoms with van der Waals surface area (Å²) < 4.78 is 4.61. The number of carboxylic acids is 1. The van der Waals surface area contributed by atoms with Gasteiger partial charge in [0.2, 0.25) is 0 Å². The van der Waals surface area contributed by atoms with E-state index < -0.39 is 5.97 Å².